The molecule has 0 saturated heterocycles. The molecular weight excluding hydrogens is 222 g/mol. The van der Waals surface area contributed by atoms with Crippen LogP contribution in [0, 0.1) is 12.8 Å². The summed E-state index contributed by atoms with van der Waals surface area (Å²) in [7, 11) is 0. The van der Waals surface area contributed by atoms with Crippen LogP contribution in [0.3, 0.4) is 0 Å². The smallest absolute Gasteiger partial charge is 0.224 e. The van der Waals surface area contributed by atoms with E-state index in [9.17, 15) is 4.79 Å². The number of hydrogen-bond acceptors (Lipinski definition) is 4. The molecule has 2 rings (SSSR count). The lowest BCUT2D eigenvalue weighted by Gasteiger charge is -2.14. The van der Waals surface area contributed by atoms with Gasteiger partial charge in [0, 0.05) is 10.9 Å². The van der Waals surface area contributed by atoms with Gasteiger partial charge < -0.3 is 11.1 Å². The molecule has 0 bridgehead atoms. The maximum absolute atomic E-state index is 11.9. The van der Waals surface area contributed by atoms with Crippen LogP contribution < -0.4 is 11.1 Å². The number of thiazole rings is 1. The van der Waals surface area contributed by atoms with Crippen LogP contribution in [-0.2, 0) is 11.3 Å². The van der Waals surface area contributed by atoms with E-state index in [1.807, 2.05) is 6.92 Å². The summed E-state index contributed by atoms with van der Waals surface area (Å²) in [5.41, 5.74) is 8.69. The number of amides is 1. The van der Waals surface area contributed by atoms with Crippen LogP contribution in [0.5, 0.6) is 0 Å². The minimum Gasteiger partial charge on any atom is -0.351 e. The predicted molar refractivity (Wildman–Crippen MR) is 64.0 cm³/mol. The highest BCUT2D eigenvalue weighted by Gasteiger charge is 2.29. The number of rotatable bonds is 3. The second-order valence-electron chi connectivity index (χ2n) is 4.28. The van der Waals surface area contributed by atoms with Crippen molar-refractivity contribution in [3.8, 4) is 0 Å². The Kier molecular flexibility index (Phi) is 3.56. The SMILES string of the molecule is Cc1ncsc1CNC(=O)C1CCCC1N. The van der Waals surface area contributed by atoms with Crippen molar-refractivity contribution >= 4 is 17.2 Å². The third-order valence-electron chi connectivity index (χ3n) is 3.17. The molecule has 1 saturated carbocycles. The van der Waals surface area contributed by atoms with Gasteiger partial charge in [-0.1, -0.05) is 6.42 Å². The summed E-state index contributed by atoms with van der Waals surface area (Å²) in [6.45, 7) is 2.54. The molecule has 1 amide bonds. The standard InChI is InChI=1S/C11H17N3OS/c1-7-10(16-6-14-7)5-13-11(15)8-3-2-4-9(8)12/h6,8-9H,2-5,12H2,1H3,(H,13,15). The van der Waals surface area contributed by atoms with Crippen LogP contribution in [0.4, 0.5) is 0 Å². The highest BCUT2D eigenvalue weighted by Crippen LogP contribution is 2.24. The molecule has 3 N–H and O–H groups in total. The van der Waals surface area contributed by atoms with Gasteiger partial charge in [0.25, 0.3) is 0 Å². The maximum Gasteiger partial charge on any atom is 0.224 e. The first kappa shape index (κ1) is 11.5. The van der Waals surface area contributed by atoms with Crippen LogP contribution in [0.1, 0.15) is 29.8 Å². The van der Waals surface area contributed by atoms with Crippen molar-refractivity contribution in [1.29, 1.82) is 0 Å². The summed E-state index contributed by atoms with van der Waals surface area (Å²) >= 11 is 1.58. The molecule has 1 heterocycles. The van der Waals surface area contributed by atoms with Gasteiger partial charge in [0.2, 0.25) is 5.91 Å². The Bertz CT molecular complexity index is 377. The van der Waals surface area contributed by atoms with E-state index in [4.69, 9.17) is 5.73 Å². The number of nitrogens with zero attached hydrogens (tertiary/aromatic N) is 1. The molecule has 4 nitrogen and oxygen atoms in total. The van der Waals surface area contributed by atoms with Crippen molar-refractivity contribution in [2.75, 3.05) is 0 Å². The van der Waals surface area contributed by atoms with E-state index in [0.717, 1.165) is 29.8 Å². The number of carbonyl (C=O) groups is 1. The van der Waals surface area contributed by atoms with Crippen molar-refractivity contribution in [3.63, 3.8) is 0 Å². The molecule has 1 aliphatic rings. The van der Waals surface area contributed by atoms with E-state index in [0.29, 0.717) is 6.54 Å². The first-order valence-electron chi connectivity index (χ1n) is 5.60. The molecule has 1 aromatic rings. The lowest BCUT2D eigenvalue weighted by Crippen LogP contribution is -2.38. The molecule has 0 aromatic carbocycles. The summed E-state index contributed by atoms with van der Waals surface area (Å²) in [6, 6.07) is 0.0440. The molecule has 88 valence electrons. The van der Waals surface area contributed by atoms with Gasteiger partial charge in [-0.25, -0.2) is 4.98 Å². The monoisotopic (exact) mass is 239 g/mol. The maximum atomic E-state index is 11.9. The number of hydrogen-bond donors (Lipinski definition) is 2. The molecule has 1 aliphatic carbocycles. The van der Waals surface area contributed by atoms with E-state index >= 15 is 0 Å². The van der Waals surface area contributed by atoms with E-state index in [1.54, 1.807) is 16.8 Å². The van der Waals surface area contributed by atoms with Gasteiger partial charge in [-0.2, -0.15) is 0 Å². The second kappa shape index (κ2) is 4.93. The zero-order valence-electron chi connectivity index (χ0n) is 9.40. The topological polar surface area (TPSA) is 68.0 Å². The largest absolute Gasteiger partial charge is 0.351 e. The second-order valence-corrected chi connectivity index (χ2v) is 5.22. The highest BCUT2D eigenvalue weighted by atomic mass is 32.1. The van der Waals surface area contributed by atoms with Crippen molar-refractivity contribution in [2.45, 2.75) is 38.8 Å². The van der Waals surface area contributed by atoms with Crippen molar-refractivity contribution in [3.05, 3.63) is 16.1 Å². The van der Waals surface area contributed by atoms with Gasteiger partial charge in [0.05, 0.1) is 23.7 Å². The number of aryl methyl sites for hydroxylation is 1. The first-order valence-corrected chi connectivity index (χ1v) is 6.48. The molecule has 0 radical (unpaired) electrons. The number of aromatic nitrogens is 1. The van der Waals surface area contributed by atoms with Crippen LogP contribution in [-0.4, -0.2) is 16.9 Å². The fourth-order valence-electron chi connectivity index (χ4n) is 2.11. The molecular formula is C11H17N3OS. The minimum atomic E-state index is 0.00762. The Morgan fingerprint density at radius 1 is 1.69 bits per heavy atom. The normalized spacial score (nSPS) is 24.6. The van der Waals surface area contributed by atoms with Crippen LogP contribution in [0.15, 0.2) is 5.51 Å². The minimum absolute atomic E-state index is 0.00762. The fraction of sp³-hybridized carbons (Fsp3) is 0.636. The fourth-order valence-corrected chi connectivity index (χ4v) is 2.83. The number of nitrogens with one attached hydrogen (secondary N) is 1. The predicted octanol–water partition coefficient (Wildman–Crippen LogP) is 1.20. The quantitative estimate of drug-likeness (QED) is 0.832. The molecule has 1 fully saturated rings. The lowest BCUT2D eigenvalue weighted by molar-refractivity contribution is -0.125. The molecule has 0 spiro atoms. The summed E-state index contributed by atoms with van der Waals surface area (Å²) in [5, 5.41) is 2.95. The Labute approximate surface area is 99.3 Å². The van der Waals surface area contributed by atoms with Crippen LogP contribution >= 0.6 is 11.3 Å². The molecule has 16 heavy (non-hydrogen) atoms. The van der Waals surface area contributed by atoms with Gasteiger partial charge in [-0.3, -0.25) is 4.79 Å². The number of nitrogens with two attached hydrogens (primary N) is 1. The number of carbonyl (C=O) groups excluding carboxylic acids is 1. The van der Waals surface area contributed by atoms with Crippen molar-refractivity contribution in [1.82, 2.24) is 10.3 Å². The summed E-state index contributed by atoms with van der Waals surface area (Å²) < 4.78 is 0. The average molecular weight is 239 g/mol. The lowest BCUT2D eigenvalue weighted by atomic mass is 10.0. The van der Waals surface area contributed by atoms with Crippen LogP contribution in [0.2, 0.25) is 0 Å². The summed E-state index contributed by atoms with van der Waals surface area (Å²) in [6.07, 6.45) is 2.96. The van der Waals surface area contributed by atoms with Crippen molar-refractivity contribution in [2.24, 2.45) is 11.7 Å². The van der Waals surface area contributed by atoms with Gasteiger partial charge >= 0.3 is 0 Å². The van der Waals surface area contributed by atoms with Gasteiger partial charge in [0.1, 0.15) is 0 Å². The highest BCUT2D eigenvalue weighted by molar-refractivity contribution is 7.09. The van der Waals surface area contributed by atoms with Gasteiger partial charge in [-0.15, -0.1) is 11.3 Å². The molecule has 5 heteroatoms. The Morgan fingerprint density at radius 2 is 2.50 bits per heavy atom. The molecule has 2 unspecified atom stereocenters. The first-order chi connectivity index (χ1) is 7.68. The van der Waals surface area contributed by atoms with Gasteiger partial charge in [0.15, 0.2) is 0 Å². The Balaban J connectivity index is 1.86. The summed E-state index contributed by atoms with van der Waals surface area (Å²) in [5.74, 6) is 0.103. The Hall–Kier alpha value is -0.940. The van der Waals surface area contributed by atoms with Gasteiger partial charge in [-0.05, 0) is 19.8 Å². The summed E-state index contributed by atoms with van der Waals surface area (Å²) in [4.78, 5) is 17.1. The van der Waals surface area contributed by atoms with Crippen molar-refractivity contribution < 1.29 is 4.79 Å². The zero-order chi connectivity index (χ0) is 11.5. The average Bonchev–Trinajstić information content (AvgIpc) is 2.84. The van der Waals surface area contributed by atoms with E-state index < -0.39 is 0 Å². The molecule has 2 atom stereocenters. The van der Waals surface area contributed by atoms with E-state index in [1.165, 1.54) is 0 Å². The van der Waals surface area contributed by atoms with E-state index in [-0.39, 0.29) is 17.9 Å². The van der Waals surface area contributed by atoms with Crippen LogP contribution in [0.25, 0.3) is 0 Å². The third-order valence-corrected chi connectivity index (χ3v) is 4.11. The molecule has 1 aromatic heterocycles. The zero-order valence-corrected chi connectivity index (χ0v) is 10.2. The Morgan fingerprint density at radius 3 is 3.06 bits per heavy atom. The third kappa shape index (κ3) is 2.41. The van der Waals surface area contributed by atoms with E-state index in [2.05, 4.69) is 10.3 Å². The molecule has 0 aliphatic heterocycles.